The minimum absolute atomic E-state index is 0.193. The van der Waals surface area contributed by atoms with Crippen molar-refractivity contribution in [2.45, 2.75) is 38.5 Å². The molecule has 0 saturated carbocycles. The van der Waals surface area contributed by atoms with Gasteiger partial charge in [0.2, 0.25) is 0 Å². The minimum atomic E-state index is -0.193. The zero-order valence-corrected chi connectivity index (χ0v) is 40.8. The van der Waals surface area contributed by atoms with Crippen LogP contribution < -0.4 is 9.80 Å². The summed E-state index contributed by atoms with van der Waals surface area (Å²) in [6, 6.07) is 68.9. The highest BCUT2D eigenvalue weighted by Gasteiger charge is 2.38. The Morgan fingerprint density at radius 3 is 0.917 bits per heavy atom. The van der Waals surface area contributed by atoms with Gasteiger partial charge in [-0.15, -0.1) is 0 Å². The lowest BCUT2D eigenvalue weighted by atomic mass is 9.81. The molecule has 0 aliphatic heterocycles. The molecule has 0 bridgehead atoms. The minimum Gasteiger partial charge on any atom is -0.279 e. The Morgan fingerprint density at radius 2 is 0.597 bits per heavy atom. The summed E-state index contributed by atoms with van der Waals surface area (Å²) in [6.45, 7) is 9.31. The van der Waals surface area contributed by atoms with Crippen LogP contribution in [0.5, 0.6) is 0 Å². The number of hydrogen-bond donors (Lipinski definition) is 0. The summed E-state index contributed by atoms with van der Waals surface area (Å²) in [5.41, 5.74) is 19.1. The highest BCUT2D eigenvalue weighted by Crippen LogP contribution is 2.52. The number of benzene rings is 6. The fourth-order valence-electron chi connectivity index (χ4n) is 10.6. The molecular weight excluding hydrogens is 877 g/mol. The second-order valence-corrected chi connectivity index (χ2v) is 19.7. The maximum atomic E-state index is 4.70. The van der Waals surface area contributed by atoms with Crippen LogP contribution in [0, 0.1) is 0 Å². The van der Waals surface area contributed by atoms with Crippen molar-refractivity contribution in [3.8, 4) is 33.4 Å². The van der Waals surface area contributed by atoms with Crippen molar-refractivity contribution in [1.82, 2.24) is 19.9 Å². The van der Waals surface area contributed by atoms with E-state index in [-0.39, 0.29) is 10.8 Å². The summed E-state index contributed by atoms with van der Waals surface area (Å²) < 4.78 is 0. The molecule has 0 fully saturated rings. The van der Waals surface area contributed by atoms with Crippen LogP contribution >= 0.6 is 0 Å². The Balaban J connectivity index is 0.721. The highest BCUT2D eigenvalue weighted by molar-refractivity contribution is 5.88. The molecule has 0 spiro atoms. The van der Waals surface area contributed by atoms with Gasteiger partial charge in [0.05, 0.1) is 0 Å². The first kappa shape index (κ1) is 44.2. The predicted molar refractivity (Wildman–Crippen MR) is 298 cm³/mol. The Labute approximate surface area is 422 Å². The van der Waals surface area contributed by atoms with Crippen LogP contribution in [0.4, 0.5) is 34.6 Å². The third-order valence-corrected chi connectivity index (χ3v) is 14.5. The summed E-state index contributed by atoms with van der Waals surface area (Å²) in [5.74, 6) is 3.33. The number of fused-ring (bicyclic) bond motifs is 6. The Hall–Kier alpha value is -9.00. The Bertz CT molecular complexity index is 3330. The van der Waals surface area contributed by atoms with Gasteiger partial charge in [-0.1, -0.05) is 173 Å². The lowest BCUT2D eigenvalue weighted by molar-refractivity contribution is 0.660. The smallest absolute Gasteiger partial charge is 0.138 e. The summed E-state index contributed by atoms with van der Waals surface area (Å²) in [6.07, 6.45) is 16.2. The number of hydrogen-bond acceptors (Lipinski definition) is 6. The third kappa shape index (κ3) is 8.07. The van der Waals surface area contributed by atoms with Gasteiger partial charge in [-0.3, -0.25) is 9.80 Å². The molecular formula is C66H52N6. The van der Waals surface area contributed by atoms with Crippen molar-refractivity contribution < 1.29 is 0 Å². The molecule has 10 aromatic rings. The molecule has 0 radical (unpaired) electrons. The predicted octanol–water partition coefficient (Wildman–Crippen LogP) is 16.8. The molecule has 12 rings (SSSR count). The summed E-state index contributed by atoms with van der Waals surface area (Å²) in [4.78, 5) is 23.0. The van der Waals surface area contributed by atoms with Crippen molar-refractivity contribution in [3.05, 3.63) is 263 Å². The van der Waals surface area contributed by atoms with E-state index in [1.807, 2.05) is 97.6 Å². The molecule has 0 amide bonds. The van der Waals surface area contributed by atoms with E-state index in [0.29, 0.717) is 0 Å². The average Bonchev–Trinajstić information content (AvgIpc) is 3.79. The molecule has 4 heterocycles. The Morgan fingerprint density at radius 1 is 0.306 bits per heavy atom. The van der Waals surface area contributed by atoms with Crippen LogP contribution in [-0.4, -0.2) is 19.9 Å². The first-order chi connectivity index (χ1) is 35.2. The Kier molecular flexibility index (Phi) is 11.1. The van der Waals surface area contributed by atoms with Crippen molar-refractivity contribution in [2.24, 2.45) is 0 Å². The first-order valence-electron chi connectivity index (χ1n) is 24.6. The molecule has 6 heteroatoms. The zero-order chi connectivity index (χ0) is 48.8. The van der Waals surface area contributed by atoms with Crippen LogP contribution in [-0.2, 0) is 10.8 Å². The zero-order valence-electron chi connectivity index (χ0n) is 40.8. The fourth-order valence-corrected chi connectivity index (χ4v) is 10.6. The maximum Gasteiger partial charge on any atom is 0.138 e. The highest BCUT2D eigenvalue weighted by atomic mass is 15.2. The number of rotatable bonds is 11. The van der Waals surface area contributed by atoms with Gasteiger partial charge >= 0.3 is 0 Å². The molecule has 2 aliphatic carbocycles. The van der Waals surface area contributed by atoms with Crippen molar-refractivity contribution in [1.29, 1.82) is 0 Å². The summed E-state index contributed by atoms with van der Waals surface area (Å²) >= 11 is 0. The van der Waals surface area contributed by atoms with E-state index in [1.165, 1.54) is 66.8 Å². The molecule has 72 heavy (non-hydrogen) atoms. The second-order valence-electron chi connectivity index (χ2n) is 19.7. The summed E-state index contributed by atoms with van der Waals surface area (Å²) in [5, 5.41) is 0. The lowest BCUT2D eigenvalue weighted by Gasteiger charge is -2.26. The van der Waals surface area contributed by atoms with Gasteiger partial charge in [-0.2, -0.15) is 0 Å². The topological polar surface area (TPSA) is 58.0 Å². The van der Waals surface area contributed by atoms with E-state index in [2.05, 4.69) is 183 Å². The quantitative estimate of drug-likeness (QED) is 0.120. The van der Waals surface area contributed by atoms with Gasteiger partial charge in [0.25, 0.3) is 0 Å². The maximum absolute atomic E-state index is 4.70. The van der Waals surface area contributed by atoms with Crippen LogP contribution in [0.25, 0.3) is 57.7 Å². The molecule has 346 valence electrons. The van der Waals surface area contributed by atoms with Gasteiger partial charge in [-0.25, -0.2) is 19.9 Å². The van der Waals surface area contributed by atoms with E-state index in [9.17, 15) is 0 Å². The average molecular weight is 929 g/mol. The molecule has 0 unspecified atom stereocenters. The molecule has 0 N–H and O–H groups in total. The van der Waals surface area contributed by atoms with Gasteiger partial charge in [0, 0.05) is 47.0 Å². The largest absolute Gasteiger partial charge is 0.279 e. The third-order valence-electron chi connectivity index (χ3n) is 14.5. The van der Waals surface area contributed by atoms with Gasteiger partial charge in [-0.05, 0) is 151 Å². The normalized spacial score (nSPS) is 13.7. The van der Waals surface area contributed by atoms with Crippen molar-refractivity contribution in [2.75, 3.05) is 9.80 Å². The SMILES string of the molecule is CC1(C)c2cc(C=Cc3ccc(-c4ccc(C=Cc5ccc6c(c5)C(C)(C)c5cc(N(c7ccccn7)c7ccccn7)ccc5-6)cc4)cc3)ccc2-c2ccc(N(c3ccccn3)c3ccccn3)cc21. The summed E-state index contributed by atoms with van der Waals surface area (Å²) in [7, 11) is 0. The van der Waals surface area contributed by atoms with E-state index in [4.69, 9.17) is 19.9 Å². The fraction of sp³-hybridized carbons (Fsp3) is 0.0909. The molecule has 6 aromatic carbocycles. The van der Waals surface area contributed by atoms with Crippen LogP contribution in [0.3, 0.4) is 0 Å². The first-order valence-corrected chi connectivity index (χ1v) is 24.6. The van der Waals surface area contributed by atoms with E-state index >= 15 is 0 Å². The molecule has 2 aliphatic rings. The number of aromatic nitrogens is 4. The molecule has 0 atom stereocenters. The van der Waals surface area contributed by atoms with Crippen molar-refractivity contribution >= 4 is 59.0 Å². The molecule has 4 aromatic heterocycles. The molecule has 0 saturated heterocycles. The molecule has 6 nitrogen and oxygen atoms in total. The lowest BCUT2D eigenvalue weighted by Crippen LogP contribution is -2.17. The number of pyridine rings is 4. The van der Waals surface area contributed by atoms with Crippen molar-refractivity contribution in [3.63, 3.8) is 0 Å². The van der Waals surface area contributed by atoms with Crippen LogP contribution in [0.1, 0.15) is 72.2 Å². The number of anilines is 6. The van der Waals surface area contributed by atoms with E-state index < -0.39 is 0 Å². The van der Waals surface area contributed by atoms with E-state index in [0.717, 1.165) is 45.8 Å². The van der Waals surface area contributed by atoms with Gasteiger partial charge < -0.3 is 0 Å². The van der Waals surface area contributed by atoms with Gasteiger partial charge in [0.1, 0.15) is 23.3 Å². The van der Waals surface area contributed by atoms with Crippen LogP contribution in [0.15, 0.2) is 219 Å². The van der Waals surface area contributed by atoms with Crippen LogP contribution in [0.2, 0.25) is 0 Å². The monoisotopic (exact) mass is 928 g/mol. The second kappa shape index (κ2) is 18.1. The van der Waals surface area contributed by atoms with Gasteiger partial charge in [0.15, 0.2) is 0 Å². The number of nitrogens with zero attached hydrogens (tertiary/aromatic N) is 6. The van der Waals surface area contributed by atoms with E-state index in [1.54, 1.807) is 0 Å². The standard InChI is InChI=1S/C66H52N6/c1-65(2)57-41-47(25-33-53(57)55-35-31-51(43-59(55)65)71(61-13-5-9-37-67-61)62-14-6-10-38-68-62)19-17-45-21-27-49(28-22-45)50-29-23-46(24-30-50)18-20-48-26-34-54-56-36-32-52(44-60(56)66(3,4)58(54)42-48)72(63-15-7-11-39-69-63)64-16-8-12-40-70-64/h5-44H,1-4H3.